The van der Waals surface area contributed by atoms with Crippen LogP contribution in [-0.2, 0) is 9.59 Å². The highest BCUT2D eigenvalue weighted by molar-refractivity contribution is 6.22. The van der Waals surface area contributed by atoms with Crippen molar-refractivity contribution < 1.29 is 19.1 Å². The summed E-state index contributed by atoms with van der Waals surface area (Å²) in [5.74, 6) is 1.35. The number of hydrogen-bond acceptors (Lipinski definition) is 6. The predicted molar refractivity (Wildman–Crippen MR) is 138 cm³/mol. The number of carbonyl (C=O) groups excluding carboxylic acids is 2. The van der Waals surface area contributed by atoms with Crippen molar-refractivity contribution in [3.63, 3.8) is 0 Å². The van der Waals surface area contributed by atoms with Gasteiger partial charge in [0.2, 0.25) is 5.91 Å². The minimum Gasteiger partial charge on any atom is -0.497 e. The number of rotatable bonds is 11. The Morgan fingerprint density at radius 1 is 0.914 bits per heavy atom. The molecule has 1 atom stereocenters. The molecule has 2 amide bonds. The first-order valence-corrected chi connectivity index (χ1v) is 12.8. The maximum absolute atomic E-state index is 13.2. The van der Waals surface area contributed by atoms with Gasteiger partial charge in [-0.15, -0.1) is 0 Å². The number of imide groups is 1. The molecule has 0 spiro atoms. The smallest absolute Gasteiger partial charge is 0.251 e. The Hall–Kier alpha value is -3.06. The summed E-state index contributed by atoms with van der Waals surface area (Å²) in [4.78, 5) is 29.5. The third kappa shape index (κ3) is 6.34. The van der Waals surface area contributed by atoms with Gasteiger partial charge in [0, 0.05) is 24.8 Å². The summed E-state index contributed by atoms with van der Waals surface area (Å²) in [6.07, 6.45) is 6.72. The van der Waals surface area contributed by atoms with Crippen LogP contribution in [0.2, 0.25) is 0 Å². The fourth-order valence-electron chi connectivity index (χ4n) is 4.86. The third-order valence-corrected chi connectivity index (χ3v) is 6.92. The fourth-order valence-corrected chi connectivity index (χ4v) is 4.86. The van der Waals surface area contributed by atoms with E-state index in [1.165, 1.54) is 24.2 Å². The Balaban J connectivity index is 1.27. The van der Waals surface area contributed by atoms with Gasteiger partial charge < -0.3 is 14.8 Å². The van der Waals surface area contributed by atoms with Crippen molar-refractivity contribution in [3.8, 4) is 11.5 Å². The van der Waals surface area contributed by atoms with Crippen molar-refractivity contribution in [3.05, 3.63) is 48.5 Å². The van der Waals surface area contributed by atoms with E-state index in [0.29, 0.717) is 18.3 Å². The van der Waals surface area contributed by atoms with E-state index < -0.39 is 0 Å². The van der Waals surface area contributed by atoms with E-state index in [2.05, 4.69) is 17.1 Å². The lowest BCUT2D eigenvalue weighted by Gasteiger charge is -2.35. The summed E-state index contributed by atoms with van der Waals surface area (Å²) < 4.78 is 11.0. The highest BCUT2D eigenvalue weighted by atomic mass is 16.5. The summed E-state index contributed by atoms with van der Waals surface area (Å²) in [7, 11) is 1.66. The van der Waals surface area contributed by atoms with E-state index in [0.717, 1.165) is 49.5 Å². The molecule has 0 bridgehead atoms. The van der Waals surface area contributed by atoms with Gasteiger partial charge in [-0.2, -0.15) is 0 Å². The molecule has 2 aromatic rings. The van der Waals surface area contributed by atoms with Crippen molar-refractivity contribution in [2.24, 2.45) is 0 Å². The number of nitrogens with one attached hydrogen (secondary N) is 1. The van der Waals surface area contributed by atoms with Gasteiger partial charge in [-0.3, -0.25) is 14.5 Å². The number of carbonyl (C=O) groups is 2. The predicted octanol–water partition coefficient (Wildman–Crippen LogP) is 4.86. The van der Waals surface area contributed by atoms with Gasteiger partial charge >= 0.3 is 0 Å². The Bertz CT molecular complexity index is 969. The Labute approximate surface area is 208 Å². The van der Waals surface area contributed by atoms with Crippen molar-refractivity contribution in [1.29, 1.82) is 0 Å². The molecule has 2 fully saturated rings. The van der Waals surface area contributed by atoms with Crippen LogP contribution >= 0.6 is 0 Å². The molecule has 1 N–H and O–H groups in total. The van der Waals surface area contributed by atoms with Crippen LogP contribution < -0.4 is 19.7 Å². The van der Waals surface area contributed by atoms with Gasteiger partial charge in [-0.05, 0) is 67.8 Å². The summed E-state index contributed by atoms with van der Waals surface area (Å²) in [5.41, 5.74) is 1.69. The average Bonchev–Trinajstić information content (AvgIpc) is 3.19. The first-order chi connectivity index (χ1) is 17.1. The Morgan fingerprint density at radius 3 is 2.26 bits per heavy atom. The normalized spacial score (nSPS) is 19.3. The fraction of sp³-hybridized carbons (Fsp3) is 0.500. The molecular weight excluding hydrogens is 442 g/mol. The SMILES string of the molecule is CCCCCCOc1ccc(N2C(=O)C[C@H](N3CCC(Nc4ccc(OC)cc4)CC3)C2=O)cc1. The lowest BCUT2D eigenvalue weighted by Crippen LogP contribution is -2.48. The molecule has 188 valence electrons. The molecular formula is C28H37N3O4. The van der Waals surface area contributed by atoms with Gasteiger partial charge in [0.1, 0.15) is 11.5 Å². The number of methoxy groups -OCH3 is 1. The minimum absolute atomic E-state index is 0.121. The third-order valence-electron chi connectivity index (χ3n) is 6.92. The van der Waals surface area contributed by atoms with Gasteiger partial charge in [0.15, 0.2) is 0 Å². The summed E-state index contributed by atoms with van der Waals surface area (Å²) in [5, 5.41) is 3.57. The monoisotopic (exact) mass is 479 g/mol. The molecule has 0 aliphatic carbocycles. The Kier molecular flexibility index (Phi) is 8.64. The second-order valence-electron chi connectivity index (χ2n) is 9.37. The van der Waals surface area contributed by atoms with Crippen LogP contribution in [0, 0.1) is 0 Å². The lowest BCUT2D eigenvalue weighted by molar-refractivity contribution is -0.123. The second-order valence-corrected chi connectivity index (χ2v) is 9.37. The number of piperidine rings is 1. The molecule has 2 aliphatic heterocycles. The van der Waals surface area contributed by atoms with E-state index >= 15 is 0 Å². The van der Waals surface area contributed by atoms with Crippen molar-refractivity contribution in [2.75, 3.05) is 37.0 Å². The quantitative estimate of drug-likeness (QED) is 0.367. The van der Waals surface area contributed by atoms with Crippen LogP contribution in [0.5, 0.6) is 11.5 Å². The number of ether oxygens (including phenoxy) is 2. The van der Waals surface area contributed by atoms with Gasteiger partial charge in [-0.25, -0.2) is 4.90 Å². The topological polar surface area (TPSA) is 71.1 Å². The highest BCUT2D eigenvalue weighted by Gasteiger charge is 2.43. The van der Waals surface area contributed by atoms with Gasteiger partial charge in [0.05, 0.1) is 31.9 Å². The molecule has 7 heteroatoms. The van der Waals surface area contributed by atoms with Gasteiger partial charge in [0.25, 0.3) is 5.91 Å². The van der Waals surface area contributed by atoms with Crippen LogP contribution in [0.15, 0.2) is 48.5 Å². The maximum Gasteiger partial charge on any atom is 0.251 e. The molecule has 2 aliphatic rings. The van der Waals surface area contributed by atoms with E-state index in [4.69, 9.17) is 9.47 Å². The number of nitrogens with zero attached hydrogens (tertiary/aromatic N) is 2. The molecule has 0 unspecified atom stereocenters. The first-order valence-electron chi connectivity index (χ1n) is 12.8. The molecule has 0 radical (unpaired) electrons. The van der Waals surface area contributed by atoms with Crippen molar-refractivity contribution >= 4 is 23.2 Å². The first kappa shape index (κ1) is 25.0. The molecule has 35 heavy (non-hydrogen) atoms. The van der Waals surface area contributed by atoms with E-state index in [1.54, 1.807) is 7.11 Å². The van der Waals surface area contributed by atoms with Gasteiger partial charge in [-0.1, -0.05) is 26.2 Å². The summed E-state index contributed by atoms with van der Waals surface area (Å²) in [6, 6.07) is 15.2. The molecule has 7 nitrogen and oxygen atoms in total. The number of amides is 2. The molecule has 2 aromatic carbocycles. The molecule has 2 saturated heterocycles. The van der Waals surface area contributed by atoms with E-state index in [1.807, 2.05) is 48.5 Å². The summed E-state index contributed by atoms with van der Waals surface area (Å²) in [6.45, 7) is 4.45. The number of hydrogen-bond donors (Lipinski definition) is 1. The largest absolute Gasteiger partial charge is 0.497 e. The number of anilines is 2. The average molecular weight is 480 g/mol. The summed E-state index contributed by atoms with van der Waals surface area (Å²) >= 11 is 0. The van der Waals surface area contributed by atoms with Crippen LogP contribution in [0.3, 0.4) is 0 Å². The van der Waals surface area contributed by atoms with Crippen LogP contribution in [0.4, 0.5) is 11.4 Å². The molecule has 0 saturated carbocycles. The van der Waals surface area contributed by atoms with E-state index in [-0.39, 0.29) is 24.3 Å². The zero-order valence-corrected chi connectivity index (χ0v) is 20.9. The zero-order valence-electron chi connectivity index (χ0n) is 20.9. The van der Waals surface area contributed by atoms with Crippen LogP contribution in [0.1, 0.15) is 51.9 Å². The van der Waals surface area contributed by atoms with Crippen molar-refractivity contribution in [1.82, 2.24) is 4.90 Å². The second kappa shape index (κ2) is 12.1. The highest BCUT2D eigenvalue weighted by Crippen LogP contribution is 2.29. The minimum atomic E-state index is -0.376. The number of benzene rings is 2. The standard InChI is InChI=1S/C28H37N3O4/c1-3-4-5-6-19-35-25-13-9-23(10-14-25)31-27(32)20-26(28(31)33)30-17-15-22(16-18-30)29-21-7-11-24(34-2)12-8-21/h7-14,22,26,29H,3-6,15-20H2,1-2H3/t26-/m0/s1. The van der Waals surface area contributed by atoms with Crippen LogP contribution in [-0.4, -0.2) is 55.6 Å². The Morgan fingerprint density at radius 2 is 1.60 bits per heavy atom. The zero-order chi connectivity index (χ0) is 24.6. The van der Waals surface area contributed by atoms with Crippen molar-refractivity contribution in [2.45, 2.75) is 64.0 Å². The number of unbranched alkanes of at least 4 members (excludes halogenated alkanes) is 3. The van der Waals surface area contributed by atoms with Crippen LogP contribution in [0.25, 0.3) is 0 Å². The molecule has 2 heterocycles. The molecule has 4 rings (SSSR count). The lowest BCUT2D eigenvalue weighted by atomic mass is 10.0. The number of likely N-dealkylation sites (tertiary alicyclic amines) is 1. The van der Waals surface area contributed by atoms with E-state index in [9.17, 15) is 9.59 Å². The molecule has 0 aromatic heterocycles. The maximum atomic E-state index is 13.2.